The average Bonchev–Trinajstić information content (AvgIpc) is 2.68. The Morgan fingerprint density at radius 3 is 2.94 bits per heavy atom. The fraction of sp³-hybridized carbons (Fsp3) is 0.417. The minimum absolute atomic E-state index is 0.0120. The summed E-state index contributed by atoms with van der Waals surface area (Å²) in [5.41, 5.74) is 0.712. The first kappa shape index (κ1) is 11.7. The molecular formula is C12H12BrFO2. The van der Waals surface area contributed by atoms with Crippen LogP contribution in [-0.2, 0) is 16.0 Å². The second kappa shape index (κ2) is 5.06. The van der Waals surface area contributed by atoms with E-state index >= 15 is 0 Å². The Balaban J connectivity index is 2.05. The van der Waals surface area contributed by atoms with Gasteiger partial charge in [-0.3, -0.25) is 4.79 Å². The molecule has 1 atom stereocenters. The first-order valence-corrected chi connectivity index (χ1v) is 6.00. The van der Waals surface area contributed by atoms with E-state index in [1.807, 2.05) is 0 Å². The van der Waals surface area contributed by atoms with Gasteiger partial charge in [-0.1, -0.05) is 15.9 Å². The summed E-state index contributed by atoms with van der Waals surface area (Å²) in [6.45, 7) is 1.17. The Morgan fingerprint density at radius 1 is 1.50 bits per heavy atom. The van der Waals surface area contributed by atoms with E-state index in [1.54, 1.807) is 6.07 Å². The molecule has 1 aromatic rings. The van der Waals surface area contributed by atoms with Crippen LogP contribution < -0.4 is 0 Å². The molecule has 1 saturated heterocycles. The van der Waals surface area contributed by atoms with E-state index in [-0.39, 0.29) is 23.9 Å². The van der Waals surface area contributed by atoms with Crippen molar-refractivity contribution in [1.82, 2.24) is 0 Å². The van der Waals surface area contributed by atoms with Crippen LogP contribution in [0.5, 0.6) is 0 Å². The minimum atomic E-state index is -0.320. The highest BCUT2D eigenvalue weighted by Crippen LogP contribution is 2.19. The second-order valence-corrected chi connectivity index (χ2v) is 4.90. The van der Waals surface area contributed by atoms with E-state index in [0.29, 0.717) is 23.2 Å². The van der Waals surface area contributed by atoms with Gasteiger partial charge in [0.2, 0.25) is 0 Å². The zero-order valence-electron chi connectivity index (χ0n) is 8.71. The first-order chi connectivity index (χ1) is 7.65. The van der Waals surface area contributed by atoms with Gasteiger partial charge in [-0.2, -0.15) is 0 Å². The summed E-state index contributed by atoms with van der Waals surface area (Å²) in [7, 11) is 0. The number of hydrogen-bond donors (Lipinski definition) is 0. The van der Waals surface area contributed by atoms with Crippen molar-refractivity contribution in [3.63, 3.8) is 0 Å². The SMILES string of the molecule is O=C(Cc1cc(F)cc(Br)c1)C1CCOC1. The summed E-state index contributed by atoms with van der Waals surface area (Å²) in [6.07, 6.45) is 1.07. The Bertz CT molecular complexity index is 380. The molecule has 4 heteroatoms. The van der Waals surface area contributed by atoms with Crippen LogP contribution in [0, 0.1) is 11.7 Å². The van der Waals surface area contributed by atoms with Gasteiger partial charge >= 0.3 is 0 Å². The maximum absolute atomic E-state index is 13.1. The van der Waals surface area contributed by atoms with Crippen LogP contribution in [0.1, 0.15) is 12.0 Å². The Labute approximate surface area is 102 Å². The number of hydrogen-bond acceptors (Lipinski definition) is 2. The number of ketones is 1. The predicted octanol–water partition coefficient (Wildman–Crippen LogP) is 2.74. The third-order valence-electron chi connectivity index (χ3n) is 2.69. The number of rotatable bonds is 3. The van der Waals surface area contributed by atoms with Crippen molar-refractivity contribution in [3.05, 3.63) is 34.1 Å². The third-order valence-corrected chi connectivity index (χ3v) is 3.14. The normalized spacial score (nSPS) is 20.0. The van der Waals surface area contributed by atoms with Crippen LogP contribution in [0.2, 0.25) is 0 Å². The van der Waals surface area contributed by atoms with E-state index in [9.17, 15) is 9.18 Å². The Kier molecular flexibility index (Phi) is 3.71. The van der Waals surface area contributed by atoms with Crippen LogP contribution >= 0.6 is 15.9 Å². The molecule has 16 heavy (non-hydrogen) atoms. The van der Waals surface area contributed by atoms with Crippen LogP contribution in [0.3, 0.4) is 0 Å². The second-order valence-electron chi connectivity index (χ2n) is 3.98. The van der Waals surface area contributed by atoms with Crippen molar-refractivity contribution in [2.24, 2.45) is 5.92 Å². The van der Waals surface area contributed by atoms with Crippen molar-refractivity contribution in [2.45, 2.75) is 12.8 Å². The molecule has 0 N–H and O–H groups in total. The largest absolute Gasteiger partial charge is 0.381 e. The summed E-state index contributed by atoms with van der Waals surface area (Å²) in [4.78, 5) is 11.8. The number of Topliss-reactive ketones (excluding diaryl/α,β-unsaturated/α-hetero) is 1. The molecule has 0 bridgehead atoms. The topological polar surface area (TPSA) is 26.3 Å². The summed E-state index contributed by atoms with van der Waals surface area (Å²) in [5.74, 6) is -0.197. The molecule has 2 rings (SSSR count). The predicted molar refractivity (Wildman–Crippen MR) is 61.7 cm³/mol. The van der Waals surface area contributed by atoms with Crippen LogP contribution in [0.4, 0.5) is 4.39 Å². The van der Waals surface area contributed by atoms with Gasteiger partial charge in [0.1, 0.15) is 11.6 Å². The first-order valence-electron chi connectivity index (χ1n) is 5.20. The monoisotopic (exact) mass is 286 g/mol. The van der Waals surface area contributed by atoms with Gasteiger partial charge in [0.15, 0.2) is 0 Å². The van der Waals surface area contributed by atoms with Crippen LogP contribution in [0.25, 0.3) is 0 Å². The molecular weight excluding hydrogens is 275 g/mol. The van der Waals surface area contributed by atoms with E-state index in [4.69, 9.17) is 4.74 Å². The smallest absolute Gasteiger partial charge is 0.142 e. The fourth-order valence-electron chi connectivity index (χ4n) is 1.85. The zero-order chi connectivity index (χ0) is 11.5. The van der Waals surface area contributed by atoms with Gasteiger partial charge in [-0.05, 0) is 30.2 Å². The number of ether oxygens (including phenoxy) is 1. The zero-order valence-corrected chi connectivity index (χ0v) is 10.3. The van der Waals surface area contributed by atoms with Gasteiger partial charge < -0.3 is 4.74 Å². The lowest BCUT2D eigenvalue weighted by Gasteiger charge is -2.07. The molecule has 86 valence electrons. The van der Waals surface area contributed by atoms with Crippen molar-refractivity contribution in [3.8, 4) is 0 Å². The van der Waals surface area contributed by atoms with Gasteiger partial charge in [0, 0.05) is 23.4 Å². The van der Waals surface area contributed by atoms with Gasteiger partial charge in [0.25, 0.3) is 0 Å². The molecule has 1 fully saturated rings. The standard InChI is InChI=1S/C12H12BrFO2/c13-10-3-8(4-11(14)6-10)5-12(15)9-1-2-16-7-9/h3-4,6,9H,1-2,5,7H2. The summed E-state index contributed by atoms with van der Waals surface area (Å²) < 4.78 is 18.9. The number of carbonyl (C=O) groups excluding carboxylic acids is 1. The van der Waals surface area contributed by atoms with Crippen molar-refractivity contribution >= 4 is 21.7 Å². The molecule has 0 spiro atoms. The maximum Gasteiger partial charge on any atom is 0.142 e. The molecule has 0 aliphatic carbocycles. The van der Waals surface area contributed by atoms with E-state index < -0.39 is 0 Å². The summed E-state index contributed by atoms with van der Waals surface area (Å²) >= 11 is 3.21. The molecule has 1 unspecified atom stereocenters. The highest BCUT2D eigenvalue weighted by Gasteiger charge is 2.23. The lowest BCUT2D eigenvalue weighted by atomic mass is 9.97. The fourth-order valence-corrected chi connectivity index (χ4v) is 2.36. The molecule has 0 aromatic heterocycles. The van der Waals surface area contributed by atoms with Gasteiger partial charge in [0.05, 0.1) is 6.61 Å². The quantitative estimate of drug-likeness (QED) is 0.854. The highest BCUT2D eigenvalue weighted by molar-refractivity contribution is 9.10. The lowest BCUT2D eigenvalue weighted by Crippen LogP contribution is -2.16. The molecule has 0 radical (unpaired) electrons. The number of carbonyl (C=O) groups is 1. The minimum Gasteiger partial charge on any atom is -0.381 e. The number of halogens is 2. The molecule has 1 heterocycles. The highest BCUT2D eigenvalue weighted by atomic mass is 79.9. The van der Waals surface area contributed by atoms with E-state index in [2.05, 4.69) is 15.9 Å². The van der Waals surface area contributed by atoms with E-state index in [1.165, 1.54) is 12.1 Å². The van der Waals surface area contributed by atoms with Crippen molar-refractivity contribution in [2.75, 3.05) is 13.2 Å². The number of benzene rings is 1. The summed E-state index contributed by atoms with van der Waals surface area (Å²) in [5, 5.41) is 0. The molecule has 1 aliphatic rings. The average molecular weight is 287 g/mol. The van der Waals surface area contributed by atoms with E-state index in [0.717, 1.165) is 6.42 Å². The summed E-state index contributed by atoms with van der Waals surface area (Å²) in [6, 6.07) is 4.56. The van der Waals surface area contributed by atoms with Crippen molar-refractivity contribution < 1.29 is 13.9 Å². The lowest BCUT2D eigenvalue weighted by molar-refractivity contribution is -0.122. The maximum atomic E-state index is 13.1. The van der Waals surface area contributed by atoms with Gasteiger partial charge in [-0.15, -0.1) is 0 Å². The Morgan fingerprint density at radius 2 is 2.31 bits per heavy atom. The molecule has 1 aliphatic heterocycles. The molecule has 1 aromatic carbocycles. The Hall–Kier alpha value is -0.740. The van der Waals surface area contributed by atoms with Crippen LogP contribution in [-0.4, -0.2) is 19.0 Å². The van der Waals surface area contributed by atoms with Crippen molar-refractivity contribution in [1.29, 1.82) is 0 Å². The third kappa shape index (κ3) is 2.89. The molecule has 0 amide bonds. The van der Waals surface area contributed by atoms with Gasteiger partial charge in [-0.25, -0.2) is 4.39 Å². The molecule has 0 saturated carbocycles. The molecule has 2 nitrogen and oxygen atoms in total. The van der Waals surface area contributed by atoms with Crippen LogP contribution in [0.15, 0.2) is 22.7 Å².